The molecule has 148 valence electrons. The van der Waals surface area contributed by atoms with Crippen LogP contribution in [0.3, 0.4) is 0 Å². The van der Waals surface area contributed by atoms with Crippen molar-refractivity contribution >= 4 is 11.6 Å². The summed E-state index contributed by atoms with van der Waals surface area (Å²) in [5.74, 6) is -0.535. The van der Waals surface area contributed by atoms with Crippen LogP contribution < -0.4 is 5.32 Å². The summed E-state index contributed by atoms with van der Waals surface area (Å²) in [5.41, 5.74) is 1.80. The first-order chi connectivity index (χ1) is 13.4. The molecule has 0 spiro atoms. The lowest BCUT2D eigenvalue weighted by Crippen LogP contribution is -2.21. The maximum absolute atomic E-state index is 12.9. The number of benzene rings is 2. The van der Waals surface area contributed by atoms with Crippen LogP contribution in [-0.4, -0.2) is 23.9 Å². The van der Waals surface area contributed by atoms with Gasteiger partial charge in [-0.15, -0.1) is 0 Å². The fourth-order valence-electron chi connectivity index (χ4n) is 3.99. The highest BCUT2D eigenvalue weighted by Crippen LogP contribution is 2.49. The van der Waals surface area contributed by atoms with E-state index in [1.165, 1.54) is 25.0 Å². The number of hydrogen-bond acceptors (Lipinski definition) is 2. The molecule has 1 amide bonds. The largest absolute Gasteiger partial charge is 0.416 e. The van der Waals surface area contributed by atoms with Crippen molar-refractivity contribution in [2.24, 2.45) is 5.92 Å². The number of hydrogen-bond donors (Lipinski definition) is 1. The smallest absolute Gasteiger partial charge is 0.326 e. The Bertz CT molecular complexity index is 859. The highest BCUT2D eigenvalue weighted by molar-refractivity contribution is 5.95. The number of para-hydroxylation sites is 1. The van der Waals surface area contributed by atoms with E-state index in [9.17, 15) is 18.0 Å². The molecule has 1 aliphatic heterocycles. The van der Waals surface area contributed by atoms with Crippen molar-refractivity contribution in [2.45, 2.75) is 37.9 Å². The average molecular weight is 388 g/mol. The van der Waals surface area contributed by atoms with Crippen LogP contribution in [0.5, 0.6) is 0 Å². The van der Waals surface area contributed by atoms with E-state index in [2.05, 4.69) is 10.2 Å². The van der Waals surface area contributed by atoms with E-state index in [-0.39, 0.29) is 17.7 Å². The summed E-state index contributed by atoms with van der Waals surface area (Å²) in [6, 6.07) is 13.1. The van der Waals surface area contributed by atoms with Crippen molar-refractivity contribution in [3.05, 3.63) is 65.2 Å². The van der Waals surface area contributed by atoms with Crippen LogP contribution >= 0.6 is 0 Å². The molecule has 3 nitrogen and oxygen atoms in total. The molecule has 2 atom stereocenters. The van der Waals surface area contributed by atoms with Crippen LogP contribution in [0.15, 0.2) is 48.5 Å². The van der Waals surface area contributed by atoms with Crippen molar-refractivity contribution in [2.75, 3.05) is 18.4 Å². The van der Waals surface area contributed by atoms with Gasteiger partial charge in [-0.2, -0.15) is 13.2 Å². The molecule has 1 saturated carbocycles. The first-order valence-electron chi connectivity index (χ1n) is 9.70. The van der Waals surface area contributed by atoms with Crippen LogP contribution in [0.2, 0.25) is 0 Å². The maximum atomic E-state index is 12.9. The van der Waals surface area contributed by atoms with Gasteiger partial charge in [0.2, 0.25) is 5.91 Å². The Morgan fingerprint density at radius 1 is 1.07 bits per heavy atom. The van der Waals surface area contributed by atoms with Gasteiger partial charge >= 0.3 is 6.18 Å². The van der Waals surface area contributed by atoms with Crippen molar-refractivity contribution in [3.8, 4) is 0 Å². The van der Waals surface area contributed by atoms with Crippen molar-refractivity contribution in [3.63, 3.8) is 0 Å². The fraction of sp³-hybridized carbons (Fsp3) is 0.409. The van der Waals surface area contributed by atoms with Gasteiger partial charge in [0.05, 0.1) is 5.56 Å². The first-order valence-corrected chi connectivity index (χ1v) is 9.70. The molecule has 28 heavy (non-hydrogen) atoms. The van der Waals surface area contributed by atoms with Crippen molar-refractivity contribution in [1.82, 2.24) is 4.90 Å². The van der Waals surface area contributed by atoms with E-state index >= 15 is 0 Å². The highest BCUT2D eigenvalue weighted by Gasteiger charge is 2.44. The third-order valence-electron chi connectivity index (χ3n) is 5.64. The summed E-state index contributed by atoms with van der Waals surface area (Å²) in [6.45, 7) is 2.95. The Hall–Kier alpha value is -2.34. The number of carbonyl (C=O) groups is 1. The van der Waals surface area contributed by atoms with Crippen LogP contribution in [0.25, 0.3) is 0 Å². The van der Waals surface area contributed by atoms with Crippen molar-refractivity contribution < 1.29 is 18.0 Å². The summed E-state index contributed by atoms with van der Waals surface area (Å²) in [6.07, 6.45) is -1.37. The Kier molecular flexibility index (Phi) is 5.15. The quantitative estimate of drug-likeness (QED) is 0.778. The molecule has 2 aromatic carbocycles. The maximum Gasteiger partial charge on any atom is 0.416 e. The van der Waals surface area contributed by atoms with Gasteiger partial charge in [-0.05, 0) is 61.5 Å². The van der Waals surface area contributed by atoms with Gasteiger partial charge in [0, 0.05) is 18.2 Å². The summed E-state index contributed by atoms with van der Waals surface area (Å²) >= 11 is 0. The normalized spacial score (nSPS) is 22.2. The first kappa shape index (κ1) is 19.0. The number of rotatable bonds is 5. The molecule has 4 rings (SSSR count). The molecule has 1 N–H and O–H groups in total. The lowest BCUT2D eigenvalue weighted by molar-refractivity contribution is -0.137. The van der Waals surface area contributed by atoms with E-state index in [0.29, 0.717) is 12.0 Å². The van der Waals surface area contributed by atoms with Crippen LogP contribution in [0.1, 0.15) is 41.9 Å². The standard InChI is InChI=1S/C22H23F3N2O/c23-22(24,25)17-8-5-7-15(12-17)18-13-19(18)21(28)26-20-9-2-1-6-16(20)14-27-10-3-4-11-27/h1-2,5-9,12,18-19H,3-4,10-11,13-14H2,(H,26,28). The third-order valence-corrected chi connectivity index (χ3v) is 5.64. The summed E-state index contributed by atoms with van der Waals surface area (Å²) in [7, 11) is 0. The molecule has 1 heterocycles. The molecule has 6 heteroatoms. The van der Waals surface area contributed by atoms with E-state index < -0.39 is 11.7 Å². The lowest BCUT2D eigenvalue weighted by Gasteiger charge is -2.18. The molecule has 0 bridgehead atoms. The van der Waals surface area contributed by atoms with E-state index in [1.54, 1.807) is 6.07 Å². The van der Waals surface area contributed by atoms with Gasteiger partial charge in [0.1, 0.15) is 0 Å². The molecule has 0 aromatic heterocycles. The number of carbonyl (C=O) groups excluding carboxylic acids is 1. The molecule has 2 fully saturated rings. The Labute approximate surface area is 162 Å². The molecule has 2 unspecified atom stereocenters. The number of alkyl halides is 3. The summed E-state index contributed by atoms with van der Waals surface area (Å²) in [4.78, 5) is 15.1. The molecular weight excluding hydrogens is 365 g/mol. The lowest BCUT2D eigenvalue weighted by atomic mass is 10.0. The molecule has 2 aromatic rings. The number of amides is 1. The second-order valence-corrected chi connectivity index (χ2v) is 7.70. The Morgan fingerprint density at radius 3 is 2.57 bits per heavy atom. The second-order valence-electron chi connectivity index (χ2n) is 7.70. The molecular formula is C22H23F3N2O. The average Bonchev–Trinajstić information content (AvgIpc) is 3.32. The molecule has 2 aliphatic rings. The monoisotopic (exact) mass is 388 g/mol. The number of nitrogens with zero attached hydrogens (tertiary/aromatic N) is 1. The van der Waals surface area contributed by atoms with Gasteiger partial charge in [0.15, 0.2) is 0 Å². The summed E-state index contributed by atoms with van der Waals surface area (Å²) < 4.78 is 38.8. The second kappa shape index (κ2) is 7.59. The van der Waals surface area contributed by atoms with E-state index in [4.69, 9.17) is 0 Å². The van der Waals surface area contributed by atoms with Gasteiger partial charge in [-0.3, -0.25) is 9.69 Å². The Balaban J connectivity index is 1.42. The predicted octanol–water partition coefficient (Wildman–Crippen LogP) is 5.04. The van der Waals surface area contributed by atoms with Crippen LogP contribution in [0, 0.1) is 5.92 Å². The fourth-order valence-corrected chi connectivity index (χ4v) is 3.99. The van der Waals surface area contributed by atoms with E-state index in [0.717, 1.165) is 37.0 Å². The zero-order valence-electron chi connectivity index (χ0n) is 15.5. The number of halogens is 3. The van der Waals surface area contributed by atoms with Crippen LogP contribution in [0.4, 0.5) is 18.9 Å². The third kappa shape index (κ3) is 4.22. The minimum atomic E-state index is -4.36. The number of anilines is 1. The topological polar surface area (TPSA) is 32.3 Å². The minimum Gasteiger partial charge on any atom is -0.326 e. The number of likely N-dealkylation sites (tertiary alicyclic amines) is 1. The zero-order valence-corrected chi connectivity index (χ0v) is 15.5. The van der Waals surface area contributed by atoms with Gasteiger partial charge < -0.3 is 5.32 Å². The summed E-state index contributed by atoms with van der Waals surface area (Å²) in [5, 5.41) is 3.00. The van der Waals surface area contributed by atoms with Gasteiger partial charge in [0.25, 0.3) is 0 Å². The minimum absolute atomic E-state index is 0.115. The molecule has 1 aliphatic carbocycles. The SMILES string of the molecule is O=C(Nc1ccccc1CN1CCCC1)C1CC1c1cccc(C(F)(F)F)c1. The zero-order chi connectivity index (χ0) is 19.7. The Morgan fingerprint density at radius 2 is 1.82 bits per heavy atom. The van der Waals surface area contributed by atoms with E-state index in [1.807, 2.05) is 24.3 Å². The predicted molar refractivity (Wildman–Crippen MR) is 102 cm³/mol. The van der Waals surface area contributed by atoms with Crippen LogP contribution in [-0.2, 0) is 17.5 Å². The number of nitrogens with one attached hydrogen (secondary N) is 1. The molecule has 0 radical (unpaired) electrons. The van der Waals surface area contributed by atoms with Crippen molar-refractivity contribution in [1.29, 1.82) is 0 Å². The van der Waals surface area contributed by atoms with Gasteiger partial charge in [-0.25, -0.2) is 0 Å². The highest BCUT2D eigenvalue weighted by atomic mass is 19.4. The van der Waals surface area contributed by atoms with Gasteiger partial charge in [-0.1, -0.05) is 36.4 Å². The molecule has 1 saturated heterocycles.